The molecule has 0 N–H and O–H groups in total. The Morgan fingerprint density at radius 3 is 2.50 bits per heavy atom. The molecule has 0 bridgehead atoms. The minimum Gasteiger partial charge on any atom is -0.370 e. The van der Waals surface area contributed by atoms with Crippen molar-refractivity contribution >= 4 is 11.8 Å². The van der Waals surface area contributed by atoms with E-state index in [-0.39, 0.29) is 17.4 Å². The number of amides is 2. The number of carbonyl (C=O) groups is 2. The molecule has 5 rings (SSSR count). The van der Waals surface area contributed by atoms with Gasteiger partial charge in [0.15, 0.2) is 5.69 Å². The number of rotatable bonds is 2. The van der Waals surface area contributed by atoms with Gasteiger partial charge in [-0.15, -0.1) is 0 Å². The van der Waals surface area contributed by atoms with Crippen LogP contribution in [0, 0.1) is 0 Å². The predicted molar refractivity (Wildman–Crippen MR) is 109 cm³/mol. The Morgan fingerprint density at radius 2 is 1.80 bits per heavy atom. The second-order valence-electron chi connectivity index (χ2n) is 8.58. The predicted octanol–water partition coefficient (Wildman–Crippen LogP) is 1.80. The Labute approximate surface area is 175 Å². The molecular weight excluding hydrogens is 382 g/mol. The van der Waals surface area contributed by atoms with Gasteiger partial charge in [-0.25, -0.2) is 0 Å². The number of nitrogens with zero attached hydrogens (tertiary/aromatic N) is 5. The highest BCUT2D eigenvalue weighted by Crippen LogP contribution is 2.37. The lowest BCUT2D eigenvalue weighted by molar-refractivity contribution is -0.0990. The monoisotopic (exact) mass is 409 g/mol. The van der Waals surface area contributed by atoms with Gasteiger partial charge in [0.05, 0.1) is 17.8 Å². The van der Waals surface area contributed by atoms with Gasteiger partial charge in [0.1, 0.15) is 0 Å². The number of piperidine rings is 1. The van der Waals surface area contributed by atoms with Crippen LogP contribution in [0.15, 0.2) is 24.5 Å². The lowest BCUT2D eigenvalue weighted by atomic mass is 9.83. The van der Waals surface area contributed by atoms with E-state index in [4.69, 9.17) is 4.74 Å². The second-order valence-corrected chi connectivity index (χ2v) is 8.58. The smallest absolute Gasteiger partial charge is 0.274 e. The van der Waals surface area contributed by atoms with Crippen LogP contribution < -0.4 is 0 Å². The van der Waals surface area contributed by atoms with E-state index >= 15 is 0 Å². The van der Waals surface area contributed by atoms with Crippen LogP contribution in [0.1, 0.15) is 57.8 Å². The summed E-state index contributed by atoms with van der Waals surface area (Å²) in [4.78, 5) is 33.4. The number of carbonyl (C=O) groups excluding carboxylic acids is 2. The molecule has 0 aromatic carbocycles. The average Bonchev–Trinajstić information content (AvgIpc) is 3.43. The first kappa shape index (κ1) is 19.2. The summed E-state index contributed by atoms with van der Waals surface area (Å²) in [6.45, 7) is 3.35. The van der Waals surface area contributed by atoms with Crippen molar-refractivity contribution in [1.82, 2.24) is 24.6 Å². The van der Waals surface area contributed by atoms with Gasteiger partial charge in [0.2, 0.25) is 0 Å². The number of hydrogen-bond acceptors (Lipinski definition) is 5. The number of fused-ring (bicyclic) bond motifs is 1. The molecule has 3 aliphatic heterocycles. The van der Waals surface area contributed by atoms with Gasteiger partial charge < -0.3 is 14.5 Å². The van der Waals surface area contributed by atoms with Crippen LogP contribution in [0.2, 0.25) is 0 Å². The molecule has 2 aromatic rings. The first-order valence-corrected chi connectivity index (χ1v) is 10.7. The lowest BCUT2D eigenvalue weighted by Crippen LogP contribution is -2.50. The Kier molecular flexibility index (Phi) is 4.81. The summed E-state index contributed by atoms with van der Waals surface area (Å²) in [5.74, 6) is 0.0502. The Hall–Kier alpha value is -2.74. The molecule has 2 fully saturated rings. The molecule has 8 heteroatoms. The van der Waals surface area contributed by atoms with Gasteiger partial charge >= 0.3 is 0 Å². The van der Waals surface area contributed by atoms with E-state index < -0.39 is 0 Å². The molecule has 0 radical (unpaired) electrons. The van der Waals surface area contributed by atoms with E-state index in [2.05, 4.69) is 10.1 Å². The highest BCUT2D eigenvalue weighted by atomic mass is 16.5. The topological polar surface area (TPSA) is 80.6 Å². The van der Waals surface area contributed by atoms with E-state index in [1.807, 2.05) is 21.5 Å². The third-order valence-electron chi connectivity index (χ3n) is 6.75. The molecule has 0 unspecified atom stereocenters. The summed E-state index contributed by atoms with van der Waals surface area (Å²) in [6, 6.07) is 3.59. The molecule has 2 amide bonds. The van der Waals surface area contributed by atoms with Crippen molar-refractivity contribution in [3.8, 4) is 0 Å². The highest BCUT2D eigenvalue weighted by Gasteiger charge is 2.43. The maximum Gasteiger partial charge on any atom is 0.274 e. The lowest BCUT2D eigenvalue weighted by Gasteiger charge is -2.43. The van der Waals surface area contributed by atoms with Crippen molar-refractivity contribution in [3.05, 3.63) is 47.0 Å². The molecule has 158 valence electrons. The number of likely N-dealkylation sites (tertiary alicyclic amines) is 2. The zero-order chi connectivity index (χ0) is 20.7. The summed E-state index contributed by atoms with van der Waals surface area (Å²) in [5, 5.41) is 4.57. The minimum atomic E-state index is -0.291. The van der Waals surface area contributed by atoms with Gasteiger partial charge in [-0.2, -0.15) is 5.10 Å². The normalized spacial score (nSPS) is 20.4. The van der Waals surface area contributed by atoms with Crippen LogP contribution in [0.25, 0.3) is 0 Å². The summed E-state index contributed by atoms with van der Waals surface area (Å²) >= 11 is 0. The van der Waals surface area contributed by atoms with E-state index in [9.17, 15) is 9.59 Å². The Morgan fingerprint density at radius 1 is 1.07 bits per heavy atom. The molecule has 8 nitrogen and oxygen atoms in total. The average molecular weight is 409 g/mol. The van der Waals surface area contributed by atoms with E-state index in [1.54, 1.807) is 24.5 Å². The van der Waals surface area contributed by atoms with Crippen LogP contribution in [0.5, 0.6) is 0 Å². The van der Waals surface area contributed by atoms with Gasteiger partial charge in [0.25, 0.3) is 11.8 Å². The summed E-state index contributed by atoms with van der Waals surface area (Å²) < 4.78 is 8.22. The van der Waals surface area contributed by atoms with Gasteiger partial charge in [-0.05, 0) is 37.8 Å². The summed E-state index contributed by atoms with van der Waals surface area (Å²) in [6.07, 6.45) is 7.70. The number of hydrogen-bond donors (Lipinski definition) is 0. The van der Waals surface area contributed by atoms with Crippen molar-refractivity contribution in [2.24, 2.45) is 7.05 Å². The standard InChI is InChI=1S/C22H27N5O3/c1-25-18-13-22(6-11-27(12-7-22)20(28)16-5-4-8-23-14-16)30-15-17(18)19(24-25)21(29)26-9-2-3-10-26/h4-5,8,14H,2-3,6-7,9-13,15H2,1H3. The zero-order valence-corrected chi connectivity index (χ0v) is 17.3. The molecule has 0 saturated carbocycles. The fourth-order valence-corrected chi connectivity index (χ4v) is 4.91. The van der Waals surface area contributed by atoms with Crippen LogP contribution in [0.3, 0.4) is 0 Å². The minimum absolute atomic E-state index is 0.0217. The van der Waals surface area contributed by atoms with Crippen LogP contribution in [-0.4, -0.2) is 68.2 Å². The van der Waals surface area contributed by atoms with Crippen LogP contribution >= 0.6 is 0 Å². The van der Waals surface area contributed by atoms with E-state index in [0.29, 0.717) is 31.0 Å². The summed E-state index contributed by atoms with van der Waals surface area (Å²) in [7, 11) is 1.92. The zero-order valence-electron chi connectivity index (χ0n) is 17.3. The largest absolute Gasteiger partial charge is 0.370 e. The van der Waals surface area contributed by atoms with Gasteiger partial charge in [0, 0.05) is 63.3 Å². The quantitative estimate of drug-likeness (QED) is 0.756. The molecular formula is C22H27N5O3. The molecule has 2 saturated heterocycles. The first-order chi connectivity index (χ1) is 14.6. The second kappa shape index (κ2) is 7.50. The first-order valence-electron chi connectivity index (χ1n) is 10.7. The van der Waals surface area contributed by atoms with Crippen molar-refractivity contribution in [2.45, 2.75) is 44.3 Å². The number of aryl methyl sites for hydroxylation is 1. The molecule has 5 heterocycles. The van der Waals surface area contributed by atoms with Crippen molar-refractivity contribution in [1.29, 1.82) is 0 Å². The van der Waals surface area contributed by atoms with E-state index in [1.165, 1.54) is 0 Å². The van der Waals surface area contributed by atoms with Crippen molar-refractivity contribution < 1.29 is 14.3 Å². The Balaban J connectivity index is 1.29. The Bertz CT molecular complexity index is 957. The molecule has 3 aliphatic rings. The third-order valence-corrected chi connectivity index (χ3v) is 6.75. The van der Waals surface area contributed by atoms with Crippen LogP contribution in [0.4, 0.5) is 0 Å². The maximum atomic E-state index is 12.9. The SMILES string of the molecule is Cn1nc(C(=O)N2CCCC2)c2c1CC1(CCN(C(=O)c3cccnc3)CC1)OC2. The maximum absolute atomic E-state index is 12.9. The van der Waals surface area contributed by atoms with Crippen molar-refractivity contribution in [3.63, 3.8) is 0 Å². The highest BCUT2D eigenvalue weighted by molar-refractivity contribution is 5.94. The number of pyridine rings is 1. The molecule has 30 heavy (non-hydrogen) atoms. The molecule has 0 aliphatic carbocycles. The molecule has 1 spiro atoms. The fourth-order valence-electron chi connectivity index (χ4n) is 4.91. The molecule has 0 atom stereocenters. The van der Waals surface area contributed by atoms with Gasteiger partial charge in [-0.1, -0.05) is 0 Å². The van der Waals surface area contributed by atoms with E-state index in [0.717, 1.165) is 56.5 Å². The van der Waals surface area contributed by atoms with Gasteiger partial charge in [-0.3, -0.25) is 19.3 Å². The van der Waals surface area contributed by atoms with Crippen molar-refractivity contribution in [2.75, 3.05) is 26.2 Å². The number of aromatic nitrogens is 3. The van der Waals surface area contributed by atoms with Crippen LogP contribution in [-0.2, 0) is 24.8 Å². The fraction of sp³-hybridized carbons (Fsp3) is 0.545. The molecule has 2 aromatic heterocycles. The number of ether oxygens (including phenoxy) is 1. The third kappa shape index (κ3) is 3.29. The summed E-state index contributed by atoms with van der Waals surface area (Å²) in [5.41, 5.74) is 2.91.